The van der Waals surface area contributed by atoms with Crippen LogP contribution < -0.4 is 15.0 Å². The molecule has 7 heteroatoms. The number of carbonyl (C=O) groups excluding carboxylic acids is 2. The van der Waals surface area contributed by atoms with E-state index in [1.165, 1.54) is 56.4 Å². The van der Waals surface area contributed by atoms with Gasteiger partial charge >= 0.3 is 0 Å². The second-order valence-corrected chi connectivity index (χ2v) is 11.5. The fourth-order valence-electron chi connectivity index (χ4n) is 6.62. The van der Waals surface area contributed by atoms with Crippen LogP contribution in [0.5, 0.6) is 5.75 Å². The molecule has 4 aliphatic heterocycles. The Morgan fingerprint density at radius 3 is 2.51 bits per heavy atom. The van der Waals surface area contributed by atoms with Crippen molar-refractivity contribution < 1.29 is 14.3 Å². The van der Waals surface area contributed by atoms with Gasteiger partial charge in [0.1, 0.15) is 12.4 Å². The number of benzene rings is 2. The minimum absolute atomic E-state index is 0.00334. The van der Waals surface area contributed by atoms with Crippen molar-refractivity contribution in [3.63, 3.8) is 0 Å². The van der Waals surface area contributed by atoms with Gasteiger partial charge in [0.25, 0.3) is 5.91 Å². The third kappa shape index (κ3) is 5.69. The van der Waals surface area contributed by atoms with Crippen LogP contribution in [0.3, 0.4) is 0 Å². The summed E-state index contributed by atoms with van der Waals surface area (Å²) in [6.07, 6.45) is 8.58. The molecule has 2 aromatic rings. The highest BCUT2D eigenvalue weighted by atomic mass is 16.5. The highest BCUT2D eigenvalue weighted by Crippen LogP contribution is 2.32. The van der Waals surface area contributed by atoms with E-state index < -0.39 is 0 Å². The predicted octanol–water partition coefficient (Wildman–Crippen LogP) is 4.86. The zero-order valence-corrected chi connectivity index (χ0v) is 22.9. The van der Waals surface area contributed by atoms with Gasteiger partial charge in [0.15, 0.2) is 0 Å². The molecule has 39 heavy (non-hydrogen) atoms. The van der Waals surface area contributed by atoms with E-state index in [0.717, 1.165) is 36.4 Å². The maximum absolute atomic E-state index is 13.1. The second kappa shape index (κ2) is 11.4. The minimum atomic E-state index is -0.156. The predicted molar refractivity (Wildman–Crippen MR) is 153 cm³/mol. The first-order valence-corrected chi connectivity index (χ1v) is 14.7. The van der Waals surface area contributed by atoms with Gasteiger partial charge in [0.2, 0.25) is 5.91 Å². The number of hydrogen-bond donors (Lipinski definition) is 1. The van der Waals surface area contributed by atoms with Crippen LogP contribution in [0, 0.1) is 0 Å². The van der Waals surface area contributed by atoms with Gasteiger partial charge in [0, 0.05) is 55.6 Å². The molecule has 0 bridgehead atoms. The number of rotatable bonds is 7. The van der Waals surface area contributed by atoms with E-state index >= 15 is 0 Å². The lowest BCUT2D eigenvalue weighted by atomic mass is 10.0. The van der Waals surface area contributed by atoms with Gasteiger partial charge < -0.3 is 19.9 Å². The van der Waals surface area contributed by atoms with Gasteiger partial charge in [-0.1, -0.05) is 25.1 Å². The van der Waals surface area contributed by atoms with E-state index in [4.69, 9.17) is 4.74 Å². The number of nitrogens with zero attached hydrogens (tertiary/aromatic N) is 3. The van der Waals surface area contributed by atoms with Crippen LogP contribution in [-0.4, -0.2) is 59.9 Å². The van der Waals surface area contributed by atoms with E-state index in [0.29, 0.717) is 37.7 Å². The number of piperidine rings is 3. The molecule has 1 unspecified atom stereocenters. The number of nitrogens with one attached hydrogen (secondary N) is 1. The van der Waals surface area contributed by atoms with Crippen LogP contribution in [-0.2, 0) is 17.9 Å². The summed E-state index contributed by atoms with van der Waals surface area (Å²) in [4.78, 5) is 31.7. The first-order chi connectivity index (χ1) is 19.0. The van der Waals surface area contributed by atoms with Crippen LogP contribution in [0.15, 0.2) is 54.7 Å². The Kier molecular flexibility index (Phi) is 7.60. The first-order valence-electron chi connectivity index (χ1n) is 14.7. The van der Waals surface area contributed by atoms with Crippen LogP contribution in [0.25, 0.3) is 0 Å². The fourth-order valence-corrected chi connectivity index (χ4v) is 6.62. The molecule has 3 fully saturated rings. The molecule has 6 rings (SSSR count). The van der Waals surface area contributed by atoms with Gasteiger partial charge in [-0.3, -0.25) is 14.5 Å². The van der Waals surface area contributed by atoms with Crippen molar-refractivity contribution in [2.75, 3.05) is 31.1 Å². The summed E-state index contributed by atoms with van der Waals surface area (Å²) >= 11 is 0. The normalized spacial score (nSPS) is 24.1. The van der Waals surface area contributed by atoms with Gasteiger partial charge in [-0.15, -0.1) is 0 Å². The lowest BCUT2D eigenvalue weighted by Gasteiger charge is -2.35. The molecule has 206 valence electrons. The summed E-state index contributed by atoms with van der Waals surface area (Å²) in [5.74, 6) is 0.793. The van der Waals surface area contributed by atoms with Gasteiger partial charge in [-0.25, -0.2) is 0 Å². The van der Waals surface area contributed by atoms with Crippen LogP contribution >= 0.6 is 0 Å². The van der Waals surface area contributed by atoms with Crippen molar-refractivity contribution in [3.05, 3.63) is 71.4 Å². The third-order valence-electron chi connectivity index (χ3n) is 8.87. The molecule has 0 spiro atoms. The average molecular weight is 529 g/mol. The number of carbonyl (C=O) groups is 2. The summed E-state index contributed by atoms with van der Waals surface area (Å²) in [6, 6.07) is 15.2. The second-order valence-electron chi connectivity index (χ2n) is 11.5. The Morgan fingerprint density at radius 1 is 0.923 bits per heavy atom. The van der Waals surface area contributed by atoms with Crippen LogP contribution in [0.1, 0.15) is 72.9 Å². The van der Waals surface area contributed by atoms with E-state index in [1.54, 1.807) is 0 Å². The molecule has 4 aliphatic rings. The Balaban J connectivity index is 1.06. The molecule has 0 saturated carbocycles. The Morgan fingerprint density at radius 2 is 1.72 bits per heavy atom. The minimum Gasteiger partial charge on any atom is -0.492 e. The maximum atomic E-state index is 13.1. The third-order valence-corrected chi connectivity index (χ3v) is 8.87. The van der Waals surface area contributed by atoms with E-state index in [1.807, 2.05) is 23.1 Å². The smallest absolute Gasteiger partial charge is 0.255 e. The fraction of sp³-hybridized carbons (Fsp3) is 0.500. The van der Waals surface area contributed by atoms with E-state index in [-0.39, 0.29) is 17.9 Å². The van der Waals surface area contributed by atoms with Crippen molar-refractivity contribution in [2.24, 2.45) is 0 Å². The zero-order valence-electron chi connectivity index (χ0n) is 22.9. The number of fused-ring (bicyclic) bond motifs is 1. The summed E-state index contributed by atoms with van der Waals surface area (Å²) < 4.78 is 6.34. The lowest BCUT2D eigenvalue weighted by Crippen LogP contribution is -2.45. The standard InChI is InChI=1S/C32H40N4O3/c1-23-30(14-15-31(37)33-23)36-21-25-19-28(12-13-29(25)32(36)38)39-22-27-7-3-6-18-35(27)20-24-8-10-26(11-9-24)34-16-4-2-5-17-34/h8-13,19,27,30H,1-7,14-18,20-22H2,(H,33,37)/t27-,30?/m1/s1. The SMILES string of the molecule is C=C1NC(=O)CCC1N1Cc2cc(OC[C@H]3CCCCN3Cc3ccc(N4CCCCC4)cc3)ccc2C1=O. The van der Waals surface area contributed by atoms with Gasteiger partial charge in [-0.2, -0.15) is 0 Å². The van der Waals surface area contributed by atoms with Crippen LogP contribution in [0.2, 0.25) is 0 Å². The number of amides is 2. The zero-order chi connectivity index (χ0) is 26.8. The summed E-state index contributed by atoms with van der Waals surface area (Å²) in [5, 5.41) is 2.80. The molecule has 0 radical (unpaired) electrons. The van der Waals surface area contributed by atoms with Crippen molar-refractivity contribution in [1.29, 1.82) is 0 Å². The largest absolute Gasteiger partial charge is 0.492 e. The van der Waals surface area contributed by atoms with Gasteiger partial charge in [-0.05, 0) is 86.5 Å². The summed E-state index contributed by atoms with van der Waals surface area (Å²) in [5.41, 5.74) is 5.03. The van der Waals surface area contributed by atoms with E-state index in [2.05, 4.69) is 46.0 Å². The van der Waals surface area contributed by atoms with Gasteiger partial charge in [0.05, 0.1) is 6.04 Å². The first kappa shape index (κ1) is 25.9. The van der Waals surface area contributed by atoms with Crippen molar-refractivity contribution >= 4 is 17.5 Å². The summed E-state index contributed by atoms with van der Waals surface area (Å²) in [6.45, 7) is 9.55. The molecule has 0 aliphatic carbocycles. The number of ether oxygens (including phenoxy) is 1. The molecule has 0 aromatic heterocycles. The summed E-state index contributed by atoms with van der Waals surface area (Å²) in [7, 11) is 0. The average Bonchev–Trinajstić information content (AvgIpc) is 3.28. The Bertz CT molecular complexity index is 1220. The molecule has 7 nitrogen and oxygen atoms in total. The number of anilines is 1. The Labute approximate surface area is 231 Å². The molecule has 2 aromatic carbocycles. The highest BCUT2D eigenvalue weighted by Gasteiger charge is 2.36. The molecular formula is C32H40N4O3. The quantitative estimate of drug-likeness (QED) is 0.556. The van der Waals surface area contributed by atoms with Crippen molar-refractivity contribution in [2.45, 2.75) is 76.5 Å². The monoisotopic (exact) mass is 528 g/mol. The maximum Gasteiger partial charge on any atom is 0.255 e. The molecule has 4 heterocycles. The molecular weight excluding hydrogens is 488 g/mol. The van der Waals surface area contributed by atoms with Crippen LogP contribution in [0.4, 0.5) is 5.69 Å². The van der Waals surface area contributed by atoms with Crippen molar-refractivity contribution in [1.82, 2.24) is 15.1 Å². The molecule has 1 N–H and O–H groups in total. The molecule has 3 saturated heterocycles. The highest BCUT2D eigenvalue weighted by molar-refractivity contribution is 5.99. The lowest BCUT2D eigenvalue weighted by molar-refractivity contribution is -0.121. The number of hydrogen-bond acceptors (Lipinski definition) is 5. The molecule has 2 amide bonds. The molecule has 2 atom stereocenters. The number of likely N-dealkylation sites (tertiary alicyclic amines) is 1. The Hall–Kier alpha value is -3.32. The van der Waals surface area contributed by atoms with E-state index in [9.17, 15) is 9.59 Å². The topological polar surface area (TPSA) is 65.1 Å². The van der Waals surface area contributed by atoms with Crippen molar-refractivity contribution in [3.8, 4) is 5.75 Å².